The molecule has 122 valence electrons. The van der Waals surface area contributed by atoms with Crippen molar-refractivity contribution in [2.45, 2.75) is 26.4 Å². The van der Waals surface area contributed by atoms with Gasteiger partial charge in [0.05, 0.1) is 24.5 Å². The number of carbonyl (C=O) groups is 1. The van der Waals surface area contributed by atoms with Gasteiger partial charge in [0.2, 0.25) is 5.76 Å². The number of amides is 1. The molecule has 1 aliphatic heterocycles. The maximum absolute atomic E-state index is 12.5. The molecule has 0 unspecified atom stereocenters. The summed E-state index contributed by atoms with van der Waals surface area (Å²) >= 11 is 0. The van der Waals surface area contributed by atoms with E-state index in [0.29, 0.717) is 37.6 Å². The van der Waals surface area contributed by atoms with Crippen molar-refractivity contribution in [1.29, 1.82) is 0 Å². The molecule has 1 saturated heterocycles. The molecule has 2 aromatic rings. The summed E-state index contributed by atoms with van der Waals surface area (Å²) in [7, 11) is 0. The molecule has 1 N–H and O–H groups in total. The first-order valence-corrected chi connectivity index (χ1v) is 7.51. The predicted molar refractivity (Wildman–Crippen MR) is 80.1 cm³/mol. The number of aromatic amines is 1. The van der Waals surface area contributed by atoms with E-state index >= 15 is 0 Å². The Morgan fingerprint density at radius 2 is 2.30 bits per heavy atom. The van der Waals surface area contributed by atoms with Crippen LogP contribution in [0.4, 0.5) is 0 Å². The summed E-state index contributed by atoms with van der Waals surface area (Å²) in [4.78, 5) is 32.6. The summed E-state index contributed by atoms with van der Waals surface area (Å²) in [5, 5.41) is 3.84. The third kappa shape index (κ3) is 3.31. The van der Waals surface area contributed by atoms with Crippen molar-refractivity contribution in [2.75, 3.05) is 19.7 Å². The molecule has 1 atom stereocenters. The van der Waals surface area contributed by atoms with Crippen LogP contribution in [-0.4, -0.2) is 45.6 Å². The summed E-state index contributed by atoms with van der Waals surface area (Å²) in [6.07, 6.45) is 0.278. The second kappa shape index (κ2) is 6.33. The Morgan fingerprint density at radius 3 is 3.00 bits per heavy atom. The normalized spacial score (nSPS) is 18.2. The second-order valence-corrected chi connectivity index (χ2v) is 5.40. The molecule has 0 radical (unpaired) electrons. The second-order valence-electron chi connectivity index (χ2n) is 5.40. The molecule has 23 heavy (non-hydrogen) atoms. The summed E-state index contributed by atoms with van der Waals surface area (Å²) in [6, 6.07) is 3.05. The molecule has 3 heterocycles. The van der Waals surface area contributed by atoms with Crippen LogP contribution in [0.1, 0.15) is 40.8 Å². The van der Waals surface area contributed by atoms with Crippen LogP contribution < -0.4 is 5.56 Å². The minimum Gasteiger partial charge on any atom is -0.368 e. The van der Waals surface area contributed by atoms with Crippen molar-refractivity contribution in [2.24, 2.45) is 0 Å². The smallest absolute Gasteiger partial charge is 0.292 e. The molecule has 0 aromatic carbocycles. The van der Waals surface area contributed by atoms with Gasteiger partial charge in [-0.1, -0.05) is 12.1 Å². The van der Waals surface area contributed by atoms with Crippen molar-refractivity contribution < 1.29 is 14.1 Å². The Bertz CT molecular complexity index is 767. The number of nitrogens with zero attached hydrogens (tertiary/aromatic N) is 3. The number of morpholine rings is 1. The zero-order valence-electron chi connectivity index (χ0n) is 13.0. The molecule has 1 aliphatic rings. The van der Waals surface area contributed by atoms with Crippen molar-refractivity contribution in [1.82, 2.24) is 20.0 Å². The molecule has 1 fully saturated rings. The van der Waals surface area contributed by atoms with Crippen LogP contribution in [0.2, 0.25) is 0 Å². The van der Waals surface area contributed by atoms with E-state index in [2.05, 4.69) is 15.1 Å². The number of aromatic nitrogens is 3. The van der Waals surface area contributed by atoms with Gasteiger partial charge in [-0.05, 0) is 13.3 Å². The van der Waals surface area contributed by atoms with Crippen LogP contribution in [0.3, 0.4) is 0 Å². The van der Waals surface area contributed by atoms with Crippen LogP contribution >= 0.6 is 0 Å². The summed E-state index contributed by atoms with van der Waals surface area (Å²) in [5.41, 5.74) is 1.03. The van der Waals surface area contributed by atoms with Crippen LogP contribution in [0.5, 0.6) is 0 Å². The number of nitrogens with one attached hydrogen (secondary N) is 1. The monoisotopic (exact) mass is 318 g/mol. The lowest BCUT2D eigenvalue weighted by atomic mass is 10.2. The van der Waals surface area contributed by atoms with Gasteiger partial charge in [-0.25, -0.2) is 4.98 Å². The molecule has 1 amide bonds. The van der Waals surface area contributed by atoms with Gasteiger partial charge in [0, 0.05) is 18.7 Å². The summed E-state index contributed by atoms with van der Waals surface area (Å²) in [6.45, 7) is 4.80. The van der Waals surface area contributed by atoms with Crippen LogP contribution in [0.15, 0.2) is 21.5 Å². The summed E-state index contributed by atoms with van der Waals surface area (Å²) in [5.74, 6) is 0.506. The van der Waals surface area contributed by atoms with E-state index in [9.17, 15) is 9.59 Å². The fourth-order valence-corrected chi connectivity index (χ4v) is 2.52. The highest BCUT2D eigenvalue weighted by atomic mass is 16.5. The SMILES string of the molecule is CCc1cc(C(=O)N2CCO[C@@H](c3cc(=O)[nH]c(C)n3)C2)on1. The van der Waals surface area contributed by atoms with E-state index in [0.717, 1.165) is 5.69 Å². The van der Waals surface area contributed by atoms with Crippen LogP contribution in [0.25, 0.3) is 0 Å². The average Bonchev–Trinajstić information content (AvgIpc) is 3.02. The van der Waals surface area contributed by atoms with Gasteiger partial charge >= 0.3 is 0 Å². The van der Waals surface area contributed by atoms with E-state index in [1.807, 2.05) is 6.92 Å². The third-order valence-electron chi connectivity index (χ3n) is 3.70. The fourth-order valence-electron chi connectivity index (χ4n) is 2.52. The van der Waals surface area contributed by atoms with Gasteiger partial charge in [-0.15, -0.1) is 0 Å². The lowest BCUT2D eigenvalue weighted by Crippen LogP contribution is -2.42. The first-order valence-electron chi connectivity index (χ1n) is 7.51. The van der Waals surface area contributed by atoms with Gasteiger partial charge in [0.25, 0.3) is 11.5 Å². The van der Waals surface area contributed by atoms with E-state index in [1.54, 1.807) is 17.9 Å². The zero-order chi connectivity index (χ0) is 16.4. The molecule has 3 rings (SSSR count). The van der Waals surface area contributed by atoms with Gasteiger partial charge in [-0.3, -0.25) is 9.59 Å². The fraction of sp³-hybridized carbons (Fsp3) is 0.467. The maximum Gasteiger partial charge on any atom is 0.292 e. The van der Waals surface area contributed by atoms with E-state index < -0.39 is 6.10 Å². The van der Waals surface area contributed by atoms with Crippen molar-refractivity contribution in [3.05, 3.63) is 45.5 Å². The van der Waals surface area contributed by atoms with E-state index in [1.165, 1.54) is 6.07 Å². The van der Waals surface area contributed by atoms with E-state index in [4.69, 9.17) is 9.26 Å². The number of H-pyrrole nitrogens is 1. The molecule has 2 aromatic heterocycles. The third-order valence-corrected chi connectivity index (χ3v) is 3.70. The lowest BCUT2D eigenvalue weighted by molar-refractivity contribution is -0.0260. The number of hydrogen-bond donors (Lipinski definition) is 1. The minimum absolute atomic E-state index is 0.220. The molecule has 0 saturated carbocycles. The quantitative estimate of drug-likeness (QED) is 0.900. The van der Waals surface area contributed by atoms with Gasteiger partial charge < -0.3 is 19.1 Å². The molecule has 0 aliphatic carbocycles. The van der Waals surface area contributed by atoms with Crippen LogP contribution in [0, 0.1) is 6.92 Å². The number of aryl methyl sites for hydroxylation is 2. The Labute approximate surface area is 132 Å². The number of carbonyl (C=O) groups excluding carboxylic acids is 1. The first-order chi connectivity index (χ1) is 11.1. The standard InChI is InChI=1S/C15H18N4O4/c1-3-10-6-12(23-18-10)15(21)19-4-5-22-13(8-19)11-7-14(20)17-9(2)16-11/h6-7,13H,3-5,8H2,1-2H3,(H,16,17,20)/t13-/m1/s1. The molecule has 0 bridgehead atoms. The maximum atomic E-state index is 12.5. The lowest BCUT2D eigenvalue weighted by Gasteiger charge is -2.31. The first kappa shape index (κ1) is 15.4. The van der Waals surface area contributed by atoms with E-state index in [-0.39, 0.29) is 17.2 Å². The van der Waals surface area contributed by atoms with Crippen molar-refractivity contribution in [3.8, 4) is 0 Å². The summed E-state index contributed by atoms with van der Waals surface area (Å²) < 4.78 is 10.8. The highest BCUT2D eigenvalue weighted by molar-refractivity contribution is 5.91. The van der Waals surface area contributed by atoms with Crippen molar-refractivity contribution >= 4 is 5.91 Å². The number of rotatable bonds is 3. The molecular weight excluding hydrogens is 300 g/mol. The topological polar surface area (TPSA) is 101 Å². The van der Waals surface area contributed by atoms with Gasteiger partial charge in [0.1, 0.15) is 11.9 Å². The number of ether oxygens (including phenoxy) is 1. The largest absolute Gasteiger partial charge is 0.368 e. The van der Waals surface area contributed by atoms with Gasteiger partial charge in [-0.2, -0.15) is 0 Å². The van der Waals surface area contributed by atoms with Gasteiger partial charge in [0.15, 0.2) is 0 Å². The molecule has 8 heteroatoms. The zero-order valence-corrected chi connectivity index (χ0v) is 13.0. The Balaban J connectivity index is 1.77. The Hall–Kier alpha value is -2.48. The van der Waals surface area contributed by atoms with Crippen molar-refractivity contribution in [3.63, 3.8) is 0 Å². The van der Waals surface area contributed by atoms with Crippen LogP contribution in [-0.2, 0) is 11.2 Å². The minimum atomic E-state index is -0.428. The average molecular weight is 318 g/mol. The predicted octanol–water partition coefficient (Wildman–Crippen LogP) is 0.842. The molecule has 8 nitrogen and oxygen atoms in total. The Kier molecular flexibility index (Phi) is 4.24. The number of hydrogen-bond acceptors (Lipinski definition) is 6. The highest BCUT2D eigenvalue weighted by Crippen LogP contribution is 2.21. The Morgan fingerprint density at radius 1 is 1.48 bits per heavy atom. The highest BCUT2D eigenvalue weighted by Gasteiger charge is 2.29. The molecule has 0 spiro atoms. The molecular formula is C15H18N4O4.